The number of hydrogen-bond donors (Lipinski definition) is 0. The van der Waals surface area contributed by atoms with Crippen LogP contribution in [0.5, 0.6) is 0 Å². The van der Waals surface area contributed by atoms with Crippen LogP contribution in [-0.4, -0.2) is 23.5 Å². The van der Waals surface area contributed by atoms with E-state index in [9.17, 15) is 13.2 Å². The third-order valence-corrected chi connectivity index (χ3v) is 2.75. The number of hydrogen-bond acceptors (Lipinski definition) is 3. The maximum Gasteiger partial charge on any atom is 0.417 e. The van der Waals surface area contributed by atoms with Gasteiger partial charge in [-0.2, -0.15) is 13.2 Å². The second-order valence-electron chi connectivity index (χ2n) is 4.49. The standard InChI is InChI=1S/C12H13F3N2O/c1-7(2)10-6-18-11(17-10)9-4-3-8(5-16-9)12(13,14)15/h3-5,7,10H,6H2,1-2H3/t10-/m0/s1. The molecule has 0 spiro atoms. The van der Waals surface area contributed by atoms with Crippen LogP contribution < -0.4 is 0 Å². The number of halogens is 3. The van der Waals surface area contributed by atoms with Gasteiger partial charge in [0, 0.05) is 6.20 Å². The first-order chi connectivity index (χ1) is 8.38. The van der Waals surface area contributed by atoms with Gasteiger partial charge in [-0.15, -0.1) is 0 Å². The highest BCUT2D eigenvalue weighted by molar-refractivity contribution is 5.93. The fourth-order valence-corrected chi connectivity index (χ4v) is 1.56. The number of ether oxygens (including phenoxy) is 1. The summed E-state index contributed by atoms with van der Waals surface area (Å²) in [5, 5.41) is 0. The Bertz CT molecular complexity index is 451. The van der Waals surface area contributed by atoms with E-state index in [1.165, 1.54) is 6.07 Å². The number of aromatic nitrogens is 1. The summed E-state index contributed by atoms with van der Waals surface area (Å²) in [6.45, 7) is 4.48. The van der Waals surface area contributed by atoms with Crippen molar-refractivity contribution in [2.45, 2.75) is 26.1 Å². The van der Waals surface area contributed by atoms with Crippen LogP contribution in [0.3, 0.4) is 0 Å². The Labute approximate surface area is 103 Å². The molecule has 18 heavy (non-hydrogen) atoms. The van der Waals surface area contributed by atoms with Crippen molar-refractivity contribution >= 4 is 5.90 Å². The first-order valence-electron chi connectivity index (χ1n) is 5.62. The molecule has 0 amide bonds. The minimum atomic E-state index is -4.37. The van der Waals surface area contributed by atoms with Crippen molar-refractivity contribution in [3.8, 4) is 0 Å². The van der Waals surface area contributed by atoms with E-state index >= 15 is 0 Å². The molecular weight excluding hydrogens is 245 g/mol. The SMILES string of the molecule is CC(C)[C@@H]1COC(c2ccc(C(F)(F)F)cn2)=N1. The Morgan fingerprint density at radius 2 is 2.06 bits per heavy atom. The van der Waals surface area contributed by atoms with E-state index in [-0.39, 0.29) is 6.04 Å². The van der Waals surface area contributed by atoms with Crippen molar-refractivity contribution < 1.29 is 17.9 Å². The number of alkyl halides is 3. The summed E-state index contributed by atoms with van der Waals surface area (Å²) in [4.78, 5) is 8.05. The molecule has 0 saturated heterocycles. The van der Waals surface area contributed by atoms with E-state index < -0.39 is 11.7 Å². The molecule has 3 nitrogen and oxygen atoms in total. The molecule has 0 N–H and O–H groups in total. The van der Waals surface area contributed by atoms with E-state index in [4.69, 9.17) is 4.74 Å². The van der Waals surface area contributed by atoms with Gasteiger partial charge in [0.2, 0.25) is 5.90 Å². The van der Waals surface area contributed by atoms with Crippen molar-refractivity contribution in [1.82, 2.24) is 4.98 Å². The monoisotopic (exact) mass is 258 g/mol. The zero-order chi connectivity index (χ0) is 13.3. The van der Waals surface area contributed by atoms with Gasteiger partial charge in [0.15, 0.2) is 0 Å². The van der Waals surface area contributed by atoms with Gasteiger partial charge in [-0.25, -0.2) is 4.99 Å². The lowest BCUT2D eigenvalue weighted by molar-refractivity contribution is -0.137. The predicted octanol–water partition coefficient (Wildman–Crippen LogP) is 2.90. The summed E-state index contributed by atoms with van der Waals surface area (Å²) in [5.41, 5.74) is -0.434. The summed E-state index contributed by atoms with van der Waals surface area (Å²) in [5.74, 6) is 0.652. The van der Waals surface area contributed by atoms with Gasteiger partial charge < -0.3 is 4.74 Å². The van der Waals surface area contributed by atoms with E-state index in [1.54, 1.807) is 0 Å². The molecule has 0 saturated carbocycles. The fraction of sp³-hybridized carbons (Fsp3) is 0.500. The molecule has 98 valence electrons. The highest BCUT2D eigenvalue weighted by Gasteiger charge is 2.31. The molecule has 0 aliphatic carbocycles. The summed E-state index contributed by atoms with van der Waals surface area (Å²) in [6, 6.07) is 2.31. The average molecular weight is 258 g/mol. The molecular formula is C12H13F3N2O. The van der Waals surface area contributed by atoms with Crippen molar-refractivity contribution in [3.63, 3.8) is 0 Å². The molecule has 1 aromatic heterocycles. The minimum absolute atomic E-state index is 0.0455. The van der Waals surface area contributed by atoms with Gasteiger partial charge in [0.1, 0.15) is 12.3 Å². The first-order valence-corrected chi connectivity index (χ1v) is 5.62. The van der Waals surface area contributed by atoms with E-state index in [0.29, 0.717) is 24.1 Å². The second kappa shape index (κ2) is 4.59. The van der Waals surface area contributed by atoms with Crippen molar-refractivity contribution in [1.29, 1.82) is 0 Å². The van der Waals surface area contributed by atoms with Gasteiger partial charge in [0.05, 0.1) is 11.6 Å². The van der Waals surface area contributed by atoms with Gasteiger partial charge in [-0.1, -0.05) is 13.8 Å². The molecule has 2 rings (SSSR count). The molecule has 6 heteroatoms. The predicted molar refractivity (Wildman–Crippen MR) is 60.4 cm³/mol. The van der Waals surface area contributed by atoms with Crippen molar-refractivity contribution in [2.75, 3.05) is 6.61 Å². The van der Waals surface area contributed by atoms with Crippen molar-refractivity contribution in [3.05, 3.63) is 29.6 Å². The molecule has 1 aliphatic heterocycles. The molecule has 0 unspecified atom stereocenters. The summed E-state index contributed by atoms with van der Waals surface area (Å²) < 4.78 is 42.4. The van der Waals surface area contributed by atoms with E-state index in [0.717, 1.165) is 12.3 Å². The highest BCUT2D eigenvalue weighted by atomic mass is 19.4. The lowest BCUT2D eigenvalue weighted by atomic mass is 10.1. The quantitative estimate of drug-likeness (QED) is 0.817. The smallest absolute Gasteiger partial charge is 0.417 e. The van der Waals surface area contributed by atoms with Crippen LogP contribution in [0.15, 0.2) is 23.3 Å². The zero-order valence-corrected chi connectivity index (χ0v) is 10.0. The minimum Gasteiger partial charge on any atom is -0.474 e. The van der Waals surface area contributed by atoms with Gasteiger partial charge in [0.25, 0.3) is 0 Å². The second-order valence-corrected chi connectivity index (χ2v) is 4.49. The third kappa shape index (κ3) is 2.63. The molecule has 1 aromatic rings. The van der Waals surface area contributed by atoms with Crippen molar-refractivity contribution in [2.24, 2.45) is 10.9 Å². The Morgan fingerprint density at radius 1 is 1.33 bits per heavy atom. The summed E-state index contributed by atoms with van der Waals surface area (Å²) in [7, 11) is 0. The van der Waals surface area contributed by atoms with E-state index in [1.807, 2.05) is 13.8 Å². The number of nitrogens with zero attached hydrogens (tertiary/aromatic N) is 2. The topological polar surface area (TPSA) is 34.5 Å². The van der Waals surface area contributed by atoms with Crippen LogP contribution in [-0.2, 0) is 10.9 Å². The Balaban J connectivity index is 2.19. The largest absolute Gasteiger partial charge is 0.474 e. The van der Waals surface area contributed by atoms with Crippen LogP contribution in [0, 0.1) is 5.92 Å². The molecule has 0 fully saturated rings. The fourth-order valence-electron chi connectivity index (χ4n) is 1.56. The molecule has 0 radical (unpaired) electrons. The molecule has 0 aromatic carbocycles. The Kier molecular flexibility index (Phi) is 3.28. The van der Waals surface area contributed by atoms with Crippen LogP contribution in [0.4, 0.5) is 13.2 Å². The van der Waals surface area contributed by atoms with Gasteiger partial charge >= 0.3 is 6.18 Å². The summed E-state index contributed by atoms with van der Waals surface area (Å²) >= 11 is 0. The van der Waals surface area contributed by atoms with Crippen LogP contribution in [0.25, 0.3) is 0 Å². The first kappa shape index (κ1) is 12.9. The molecule has 0 bridgehead atoms. The third-order valence-electron chi connectivity index (χ3n) is 2.75. The molecule has 1 atom stereocenters. The zero-order valence-electron chi connectivity index (χ0n) is 10.0. The van der Waals surface area contributed by atoms with Gasteiger partial charge in [-0.05, 0) is 18.1 Å². The number of pyridine rings is 1. The number of aliphatic imine (C=N–C) groups is 1. The highest BCUT2D eigenvalue weighted by Crippen LogP contribution is 2.28. The summed E-state index contributed by atoms with van der Waals surface area (Å²) in [6.07, 6.45) is -3.58. The molecule has 1 aliphatic rings. The van der Waals surface area contributed by atoms with E-state index in [2.05, 4.69) is 9.98 Å². The Morgan fingerprint density at radius 3 is 2.50 bits per heavy atom. The lowest BCUT2D eigenvalue weighted by Crippen LogP contribution is -2.13. The van der Waals surface area contributed by atoms with Gasteiger partial charge in [-0.3, -0.25) is 4.98 Å². The maximum absolute atomic E-state index is 12.4. The lowest BCUT2D eigenvalue weighted by Gasteiger charge is -2.06. The normalized spacial score (nSPS) is 19.9. The average Bonchev–Trinajstić information content (AvgIpc) is 2.77. The Hall–Kier alpha value is -1.59. The number of rotatable bonds is 2. The van der Waals surface area contributed by atoms with Crippen LogP contribution in [0.2, 0.25) is 0 Å². The maximum atomic E-state index is 12.4. The van der Waals surface area contributed by atoms with Crippen LogP contribution in [0.1, 0.15) is 25.1 Å². The molecule has 2 heterocycles. The van der Waals surface area contributed by atoms with Crippen LogP contribution >= 0.6 is 0 Å².